The Bertz CT molecular complexity index is 1320. The molecule has 0 radical (unpaired) electrons. The number of nitrogen functional groups attached to an aromatic ring is 1. The molecule has 0 atom stereocenters. The van der Waals surface area contributed by atoms with Crippen LogP contribution in [0.3, 0.4) is 0 Å². The number of nitrogens with two attached hydrogens (primary N) is 1. The van der Waals surface area contributed by atoms with Crippen molar-refractivity contribution < 1.29 is 4.42 Å². The number of allylic oxidation sites excluding steroid dienone is 3. The summed E-state index contributed by atoms with van der Waals surface area (Å²) in [6, 6.07) is 15.4. The Labute approximate surface area is 185 Å². The van der Waals surface area contributed by atoms with Gasteiger partial charge in [-0.15, -0.1) is 12.4 Å². The molecule has 0 fully saturated rings. The zero-order chi connectivity index (χ0) is 20.7. The molecular weight excluding hydrogens is 419 g/mol. The van der Waals surface area contributed by atoms with Crippen molar-refractivity contribution in [3.63, 3.8) is 0 Å². The van der Waals surface area contributed by atoms with Gasteiger partial charge >= 0.3 is 0 Å². The molecule has 0 bridgehead atoms. The second kappa shape index (κ2) is 8.08. The average molecular weight is 435 g/mol. The van der Waals surface area contributed by atoms with E-state index in [1.54, 1.807) is 6.07 Å². The lowest BCUT2D eigenvalue weighted by atomic mass is 9.96. The Morgan fingerprint density at radius 3 is 2.57 bits per heavy atom. The number of furan rings is 1. The van der Waals surface area contributed by atoms with Gasteiger partial charge in [-0.3, -0.25) is 0 Å². The molecule has 0 spiro atoms. The first-order chi connectivity index (χ1) is 13.9. The standard InChI is InChI=1S/C23H15ClN4O.ClH/c1-12-17(9-16-6-7-20(29-16)14-4-3-5-15(24)8-14)21-13(2)19(11-26)23(27)28-22(21)18(12)10-25;/h3-9H,1-2H3,(H2,27,28);1H/b17-9-;. The highest BCUT2D eigenvalue weighted by Gasteiger charge is 2.29. The van der Waals surface area contributed by atoms with Crippen molar-refractivity contribution in [3.05, 3.63) is 75.1 Å². The average Bonchev–Trinajstić information content (AvgIpc) is 3.25. The highest BCUT2D eigenvalue weighted by Crippen LogP contribution is 2.44. The predicted molar refractivity (Wildman–Crippen MR) is 121 cm³/mol. The highest BCUT2D eigenvalue weighted by atomic mass is 35.5. The topological polar surface area (TPSA) is 99.6 Å². The number of nitriles is 2. The summed E-state index contributed by atoms with van der Waals surface area (Å²) in [7, 11) is 0. The van der Waals surface area contributed by atoms with Crippen LogP contribution in [-0.4, -0.2) is 4.98 Å². The van der Waals surface area contributed by atoms with E-state index >= 15 is 0 Å². The van der Waals surface area contributed by atoms with Gasteiger partial charge in [0, 0.05) is 16.1 Å². The fourth-order valence-electron chi connectivity index (χ4n) is 3.57. The van der Waals surface area contributed by atoms with Gasteiger partial charge < -0.3 is 10.2 Å². The van der Waals surface area contributed by atoms with Crippen LogP contribution < -0.4 is 5.73 Å². The molecule has 148 valence electrons. The maximum Gasteiger partial charge on any atom is 0.142 e. The van der Waals surface area contributed by atoms with Crippen LogP contribution in [0, 0.1) is 29.6 Å². The first-order valence-electron chi connectivity index (χ1n) is 8.84. The van der Waals surface area contributed by atoms with E-state index in [1.165, 1.54) is 0 Å². The normalized spacial score (nSPS) is 13.6. The van der Waals surface area contributed by atoms with Crippen molar-refractivity contribution in [2.24, 2.45) is 0 Å². The van der Waals surface area contributed by atoms with Crippen LogP contribution in [0.15, 0.2) is 46.4 Å². The molecule has 1 aliphatic rings. The third-order valence-corrected chi connectivity index (χ3v) is 5.24. The molecule has 4 rings (SSSR count). The second-order valence-corrected chi connectivity index (χ2v) is 7.15. The smallest absolute Gasteiger partial charge is 0.142 e. The van der Waals surface area contributed by atoms with E-state index < -0.39 is 0 Å². The number of nitrogens with zero attached hydrogens (tertiary/aromatic N) is 3. The Morgan fingerprint density at radius 1 is 1.13 bits per heavy atom. The van der Waals surface area contributed by atoms with E-state index in [-0.39, 0.29) is 18.2 Å². The van der Waals surface area contributed by atoms with Crippen LogP contribution >= 0.6 is 24.0 Å². The van der Waals surface area contributed by atoms with Gasteiger partial charge in [0.2, 0.25) is 0 Å². The SMILES string of the molecule is CC1=C(C#N)c2nc(N)c(C#N)c(C)c2/C1=C\c1ccc(-c2cccc(Cl)c2)o1.Cl. The highest BCUT2D eigenvalue weighted by molar-refractivity contribution is 6.30. The summed E-state index contributed by atoms with van der Waals surface area (Å²) in [5.74, 6) is 1.44. The van der Waals surface area contributed by atoms with E-state index in [0.717, 1.165) is 22.3 Å². The fraction of sp³-hybridized carbons (Fsp3) is 0.0870. The number of aromatic nitrogens is 1. The van der Waals surface area contributed by atoms with Crippen molar-refractivity contribution in [3.8, 4) is 23.5 Å². The predicted octanol–water partition coefficient (Wildman–Crippen LogP) is 6.03. The van der Waals surface area contributed by atoms with E-state index in [9.17, 15) is 10.5 Å². The lowest BCUT2D eigenvalue weighted by molar-refractivity contribution is 0.572. The molecule has 0 unspecified atom stereocenters. The Kier molecular flexibility index (Phi) is 5.71. The van der Waals surface area contributed by atoms with Crippen molar-refractivity contribution in [2.45, 2.75) is 13.8 Å². The summed E-state index contributed by atoms with van der Waals surface area (Å²) in [5, 5.41) is 19.7. The number of fused-ring (bicyclic) bond motifs is 1. The molecule has 2 heterocycles. The molecule has 0 aliphatic heterocycles. The van der Waals surface area contributed by atoms with E-state index in [2.05, 4.69) is 17.1 Å². The number of rotatable bonds is 2. The molecule has 0 saturated heterocycles. The second-order valence-electron chi connectivity index (χ2n) is 6.71. The zero-order valence-electron chi connectivity index (χ0n) is 16.2. The Morgan fingerprint density at radius 2 is 1.90 bits per heavy atom. The zero-order valence-corrected chi connectivity index (χ0v) is 17.7. The summed E-state index contributed by atoms with van der Waals surface area (Å²) < 4.78 is 5.99. The van der Waals surface area contributed by atoms with Crippen LogP contribution in [0.2, 0.25) is 5.02 Å². The van der Waals surface area contributed by atoms with Gasteiger partial charge in [0.25, 0.3) is 0 Å². The van der Waals surface area contributed by atoms with Crippen molar-refractivity contribution in [2.75, 3.05) is 5.73 Å². The fourth-order valence-corrected chi connectivity index (χ4v) is 3.76. The summed E-state index contributed by atoms with van der Waals surface area (Å²) in [4.78, 5) is 4.33. The summed E-state index contributed by atoms with van der Waals surface area (Å²) >= 11 is 6.07. The number of hydrogen-bond donors (Lipinski definition) is 1. The summed E-state index contributed by atoms with van der Waals surface area (Å²) in [5.41, 5.74) is 11.1. The van der Waals surface area contributed by atoms with Crippen LogP contribution in [0.5, 0.6) is 0 Å². The summed E-state index contributed by atoms with van der Waals surface area (Å²) in [6.45, 7) is 3.67. The van der Waals surface area contributed by atoms with Gasteiger partial charge in [0.1, 0.15) is 29.5 Å². The molecule has 2 aromatic heterocycles. The Hall–Kier alpha value is -3.51. The van der Waals surface area contributed by atoms with Gasteiger partial charge in [0.05, 0.1) is 16.8 Å². The number of hydrogen-bond acceptors (Lipinski definition) is 5. The number of pyridine rings is 1. The van der Waals surface area contributed by atoms with Crippen molar-refractivity contribution in [1.82, 2.24) is 4.98 Å². The first kappa shape index (κ1) is 21.2. The molecule has 0 amide bonds. The van der Waals surface area contributed by atoms with Gasteiger partial charge in [-0.25, -0.2) is 4.98 Å². The van der Waals surface area contributed by atoms with Crippen molar-refractivity contribution in [1.29, 1.82) is 10.5 Å². The van der Waals surface area contributed by atoms with Gasteiger partial charge in [-0.2, -0.15) is 10.5 Å². The Balaban J connectivity index is 0.00000256. The van der Waals surface area contributed by atoms with Gasteiger partial charge in [0.15, 0.2) is 0 Å². The van der Waals surface area contributed by atoms with E-state index in [4.69, 9.17) is 21.8 Å². The van der Waals surface area contributed by atoms with E-state index in [1.807, 2.05) is 50.3 Å². The molecular formula is C23H16Cl2N4O. The quantitative estimate of drug-likeness (QED) is 0.530. The number of benzene rings is 1. The third kappa shape index (κ3) is 3.35. The lowest BCUT2D eigenvalue weighted by Gasteiger charge is -2.10. The minimum absolute atomic E-state index is 0. The third-order valence-electron chi connectivity index (χ3n) is 5.01. The maximum absolute atomic E-state index is 9.64. The van der Waals surface area contributed by atoms with E-state index in [0.29, 0.717) is 38.9 Å². The molecule has 3 aromatic rings. The minimum atomic E-state index is 0. The van der Waals surface area contributed by atoms with Crippen LogP contribution in [0.1, 0.15) is 35.1 Å². The molecule has 1 aromatic carbocycles. The van der Waals surface area contributed by atoms with Crippen LogP contribution in [-0.2, 0) is 0 Å². The molecule has 30 heavy (non-hydrogen) atoms. The molecule has 5 nitrogen and oxygen atoms in total. The minimum Gasteiger partial charge on any atom is -0.457 e. The first-order valence-corrected chi connectivity index (χ1v) is 9.22. The lowest BCUT2D eigenvalue weighted by Crippen LogP contribution is -2.03. The van der Waals surface area contributed by atoms with Gasteiger partial charge in [-0.1, -0.05) is 23.7 Å². The van der Waals surface area contributed by atoms with Crippen LogP contribution in [0.25, 0.3) is 28.5 Å². The van der Waals surface area contributed by atoms with Crippen LogP contribution in [0.4, 0.5) is 5.82 Å². The maximum atomic E-state index is 9.64. The van der Waals surface area contributed by atoms with Crippen molar-refractivity contribution >= 4 is 47.0 Å². The summed E-state index contributed by atoms with van der Waals surface area (Å²) in [6.07, 6.45) is 1.86. The molecule has 1 aliphatic carbocycles. The van der Waals surface area contributed by atoms with Gasteiger partial charge in [-0.05, 0) is 60.9 Å². The monoisotopic (exact) mass is 434 g/mol. The molecule has 0 saturated carbocycles. The number of anilines is 1. The number of halogens is 2. The largest absolute Gasteiger partial charge is 0.457 e. The molecule has 2 N–H and O–H groups in total. The molecule has 7 heteroatoms.